The second-order valence-corrected chi connectivity index (χ2v) is 29.7. The Hall–Kier alpha value is -0.650. The topological polar surface area (TPSA) is 87.0 Å². The molecule has 0 aromatic carbocycles. The minimum absolute atomic E-state index is 0.210. The summed E-state index contributed by atoms with van der Waals surface area (Å²) in [6.45, 7) is 3.97. The maximum atomic E-state index is 13.0. The molecule has 3 N–H and O–H groups in total. The van der Waals surface area contributed by atoms with Crippen LogP contribution in [0.2, 0.25) is 0 Å². The number of carbonyl (C=O) groups excluding carboxylic acids is 1. The first-order chi connectivity index (χ1) is 42.5. The summed E-state index contributed by atoms with van der Waals surface area (Å²) in [4.78, 5) is 13.0. The van der Waals surface area contributed by atoms with Crippen molar-refractivity contribution in [1.82, 2.24) is 0 Å². The Morgan fingerprint density at radius 3 is 0.721 bits per heavy atom. The van der Waals surface area contributed by atoms with Gasteiger partial charge in [-0.05, 0) is 49.4 Å². The van der Waals surface area contributed by atoms with Gasteiger partial charge in [-0.15, -0.1) is 0 Å². The largest absolute Gasteiger partial charge is 0.463 e. The fourth-order valence-electron chi connectivity index (χ4n) is 14.9. The molecule has 0 bridgehead atoms. The van der Waals surface area contributed by atoms with Crippen molar-refractivity contribution in [3.05, 3.63) is 0 Å². The highest BCUT2D eigenvalue weighted by Gasteiger charge is 2.36. The predicted molar refractivity (Wildman–Crippen MR) is 377 cm³/mol. The third-order valence-electron chi connectivity index (χ3n) is 21.3. The molecule has 0 amide bonds. The van der Waals surface area contributed by atoms with Crippen LogP contribution in [0.3, 0.4) is 0 Å². The van der Waals surface area contributed by atoms with Crippen molar-refractivity contribution >= 4 is 5.97 Å². The van der Waals surface area contributed by atoms with E-state index in [0.717, 1.165) is 49.4 Å². The van der Waals surface area contributed by atoms with Crippen molar-refractivity contribution in [2.24, 2.45) is 29.6 Å². The van der Waals surface area contributed by atoms with E-state index >= 15 is 0 Å². The summed E-state index contributed by atoms with van der Waals surface area (Å²) in [5, 5.41) is 30.1. The van der Waals surface area contributed by atoms with E-state index in [2.05, 4.69) is 13.8 Å². The number of hydrogen-bond donors (Lipinski definition) is 3. The zero-order chi connectivity index (χ0) is 61.5. The lowest BCUT2D eigenvalue weighted by Gasteiger charge is -2.22. The summed E-state index contributed by atoms with van der Waals surface area (Å²) in [6, 6.07) is 0. The van der Waals surface area contributed by atoms with Crippen LogP contribution in [0.15, 0.2) is 0 Å². The lowest BCUT2D eigenvalue weighted by molar-refractivity contribution is -0.156. The Morgan fingerprint density at radius 2 is 0.500 bits per heavy atom. The van der Waals surface area contributed by atoms with Crippen LogP contribution in [-0.4, -0.2) is 46.7 Å². The van der Waals surface area contributed by atoms with Crippen LogP contribution in [0.4, 0.5) is 0 Å². The minimum atomic E-state index is -1.07. The van der Waals surface area contributed by atoms with Gasteiger partial charge in [0.1, 0.15) is 12.7 Å². The fourth-order valence-corrected chi connectivity index (χ4v) is 14.9. The average molecular weight is 1210 g/mol. The molecule has 0 aliphatic heterocycles. The molecule has 2 saturated carbocycles. The van der Waals surface area contributed by atoms with Gasteiger partial charge in [0.15, 0.2) is 0 Å². The molecule has 0 spiro atoms. The third-order valence-corrected chi connectivity index (χ3v) is 21.3. The highest BCUT2D eigenvalue weighted by atomic mass is 16.5. The van der Waals surface area contributed by atoms with Crippen LogP contribution in [0.25, 0.3) is 0 Å². The molecule has 2 aliphatic carbocycles. The summed E-state index contributed by atoms with van der Waals surface area (Å²) in [6.07, 6.45) is 94.1. The van der Waals surface area contributed by atoms with Crippen LogP contribution >= 0.6 is 0 Å². The molecule has 0 radical (unpaired) electrons. The number of ether oxygens (including phenoxy) is 1. The second kappa shape index (κ2) is 64.5. The van der Waals surface area contributed by atoms with E-state index in [0.29, 0.717) is 12.8 Å². The van der Waals surface area contributed by atoms with Crippen molar-refractivity contribution < 1.29 is 24.9 Å². The van der Waals surface area contributed by atoms with Crippen LogP contribution < -0.4 is 0 Å². The molecule has 2 fully saturated rings. The summed E-state index contributed by atoms with van der Waals surface area (Å²) in [7, 11) is 0. The number of rotatable bonds is 74. The van der Waals surface area contributed by atoms with Gasteiger partial charge in [-0.2, -0.15) is 0 Å². The molecule has 86 heavy (non-hydrogen) atoms. The summed E-state index contributed by atoms with van der Waals surface area (Å²) in [5.74, 6) is 3.43. The van der Waals surface area contributed by atoms with E-state index in [1.165, 1.54) is 379 Å². The minimum Gasteiger partial charge on any atom is -0.463 e. The highest BCUT2D eigenvalue weighted by molar-refractivity contribution is 5.73. The molecule has 0 heterocycles. The number of unbranched alkanes of at least 4 members (excludes halogenated alkanes) is 57. The molecule has 7 unspecified atom stereocenters. The molecular formula is C81H158O5. The molecule has 0 aromatic rings. The molecule has 7 atom stereocenters. The van der Waals surface area contributed by atoms with Gasteiger partial charge in [0.2, 0.25) is 0 Å². The molecular weight excluding hydrogens is 1050 g/mol. The van der Waals surface area contributed by atoms with Gasteiger partial charge in [0, 0.05) is 0 Å². The number of esters is 1. The Kier molecular flexibility index (Phi) is 61.0. The van der Waals surface area contributed by atoms with Crippen molar-refractivity contribution in [3.63, 3.8) is 0 Å². The van der Waals surface area contributed by atoms with E-state index in [1.807, 2.05) is 0 Å². The third kappa shape index (κ3) is 55.0. The highest BCUT2D eigenvalue weighted by Crippen LogP contribution is 2.47. The van der Waals surface area contributed by atoms with Crippen LogP contribution in [0.1, 0.15) is 457 Å². The Morgan fingerprint density at radius 1 is 0.302 bits per heavy atom. The molecule has 2 aliphatic rings. The van der Waals surface area contributed by atoms with Crippen LogP contribution in [0, 0.1) is 29.6 Å². The van der Waals surface area contributed by atoms with Crippen LogP contribution in [-0.2, 0) is 9.53 Å². The van der Waals surface area contributed by atoms with Gasteiger partial charge in [0.05, 0.1) is 18.6 Å². The molecule has 0 aromatic heterocycles. The van der Waals surface area contributed by atoms with Gasteiger partial charge < -0.3 is 20.1 Å². The average Bonchev–Trinajstić information content (AvgIpc) is 4.63. The summed E-state index contributed by atoms with van der Waals surface area (Å²) in [5.41, 5.74) is 0. The van der Waals surface area contributed by atoms with E-state index in [-0.39, 0.29) is 6.61 Å². The fraction of sp³-hybridized carbons (Fsp3) is 0.988. The number of hydrogen-bond acceptors (Lipinski definition) is 5. The molecule has 512 valence electrons. The molecule has 2 rings (SSSR count). The lowest BCUT2D eigenvalue weighted by Crippen LogP contribution is -2.32. The summed E-state index contributed by atoms with van der Waals surface area (Å²) < 4.78 is 5.36. The number of aliphatic hydroxyl groups is 3. The van der Waals surface area contributed by atoms with Crippen molar-refractivity contribution in [1.29, 1.82) is 0 Å². The maximum absolute atomic E-state index is 13.0. The summed E-state index contributed by atoms with van der Waals surface area (Å²) >= 11 is 0. The first-order valence-corrected chi connectivity index (χ1v) is 40.6. The Labute approximate surface area is 540 Å². The van der Waals surface area contributed by atoms with E-state index in [9.17, 15) is 20.1 Å². The van der Waals surface area contributed by atoms with Gasteiger partial charge in [-0.3, -0.25) is 4.79 Å². The first kappa shape index (κ1) is 81.4. The quantitative estimate of drug-likeness (QED) is 0.0417. The van der Waals surface area contributed by atoms with Gasteiger partial charge in [-0.25, -0.2) is 0 Å². The SMILES string of the molecule is CCCCCCCCCCCCCCCCCCCCCCCCC(C(=O)OCC(O)CO)C(O)CCCCCCCCCCCCCCCCCC1CC1CCCCCCCCCCC1CC1CCCCCCCCCCCCCCCCCC. The van der Waals surface area contributed by atoms with E-state index in [4.69, 9.17) is 4.74 Å². The Bertz CT molecular complexity index is 1340. The first-order valence-electron chi connectivity index (χ1n) is 40.6. The Balaban J connectivity index is 1.27. The van der Waals surface area contributed by atoms with Crippen molar-refractivity contribution in [3.8, 4) is 0 Å². The second-order valence-electron chi connectivity index (χ2n) is 29.7. The standard InChI is InChI=1S/C81H158O5/c1-3-5-7-9-11-13-15-17-19-21-22-23-24-25-26-30-34-38-42-50-56-62-68-79(81(85)86-73-78(83)72-82)80(84)69-63-57-51-43-39-35-31-27-29-33-37-41-47-53-59-65-75-71-77(75)67-61-55-49-45-44-48-54-60-66-76-70-74(76)64-58-52-46-40-36-32-28-20-18-16-14-12-10-8-6-4-2/h74-80,82-84H,3-73H2,1-2H3. The zero-order valence-corrected chi connectivity index (χ0v) is 58.9. The predicted octanol–water partition coefficient (Wildman–Crippen LogP) is 26.3. The monoisotopic (exact) mass is 1210 g/mol. The van der Waals surface area contributed by atoms with Gasteiger partial charge in [-0.1, -0.05) is 431 Å². The smallest absolute Gasteiger partial charge is 0.311 e. The normalized spacial score (nSPS) is 17.6. The van der Waals surface area contributed by atoms with Gasteiger partial charge >= 0.3 is 5.97 Å². The molecule has 5 nitrogen and oxygen atoms in total. The van der Waals surface area contributed by atoms with Gasteiger partial charge in [0.25, 0.3) is 0 Å². The van der Waals surface area contributed by atoms with Crippen molar-refractivity contribution in [2.75, 3.05) is 13.2 Å². The maximum Gasteiger partial charge on any atom is 0.311 e. The van der Waals surface area contributed by atoms with E-state index in [1.54, 1.807) is 25.7 Å². The molecule has 5 heteroatoms. The number of carbonyl (C=O) groups is 1. The van der Waals surface area contributed by atoms with Crippen LogP contribution in [0.5, 0.6) is 0 Å². The van der Waals surface area contributed by atoms with E-state index < -0.39 is 30.7 Å². The lowest BCUT2D eigenvalue weighted by atomic mass is 9.91. The molecule has 0 saturated heterocycles. The number of aliphatic hydroxyl groups excluding tert-OH is 3. The zero-order valence-electron chi connectivity index (χ0n) is 58.9. The van der Waals surface area contributed by atoms with Crippen molar-refractivity contribution in [2.45, 2.75) is 469 Å².